The van der Waals surface area contributed by atoms with E-state index in [1.165, 1.54) is 13.2 Å². The van der Waals surface area contributed by atoms with Gasteiger partial charge in [0.15, 0.2) is 0 Å². The Morgan fingerprint density at radius 1 is 1.21 bits per heavy atom. The smallest absolute Gasteiger partial charge is 0.146 e. The third kappa shape index (κ3) is 3.16. The summed E-state index contributed by atoms with van der Waals surface area (Å²) >= 11 is 0. The van der Waals surface area contributed by atoms with Crippen LogP contribution in [-0.2, 0) is 0 Å². The lowest BCUT2D eigenvalue weighted by Crippen LogP contribution is -2.08. The van der Waals surface area contributed by atoms with Gasteiger partial charge in [-0.25, -0.2) is 4.39 Å². The summed E-state index contributed by atoms with van der Waals surface area (Å²) in [5, 5.41) is 12.5. The zero-order chi connectivity index (χ0) is 13.8. The highest BCUT2D eigenvalue weighted by Gasteiger charge is 2.10. The number of aromatic hydroxyl groups is 1. The van der Waals surface area contributed by atoms with Gasteiger partial charge in [-0.3, -0.25) is 0 Å². The number of methoxy groups -OCH3 is 1. The average Bonchev–Trinajstić information content (AvgIpc) is 2.41. The zero-order valence-corrected chi connectivity index (χ0v) is 10.9. The zero-order valence-electron chi connectivity index (χ0n) is 10.9. The second-order valence-corrected chi connectivity index (χ2v) is 4.31. The van der Waals surface area contributed by atoms with Crippen LogP contribution >= 0.6 is 0 Å². The number of nitrogens with one attached hydrogen (secondary N) is 1. The van der Waals surface area contributed by atoms with E-state index in [0.717, 1.165) is 5.56 Å². The van der Waals surface area contributed by atoms with Crippen LogP contribution < -0.4 is 10.1 Å². The second kappa shape index (κ2) is 5.61. The molecule has 0 saturated carbocycles. The number of anilines is 1. The maximum absolute atomic E-state index is 13.7. The Bertz CT molecular complexity index is 572. The van der Waals surface area contributed by atoms with Crippen LogP contribution in [0.2, 0.25) is 0 Å². The number of hydrogen-bond acceptors (Lipinski definition) is 3. The molecule has 0 spiro atoms. The molecule has 2 aromatic carbocycles. The van der Waals surface area contributed by atoms with E-state index in [-0.39, 0.29) is 17.6 Å². The monoisotopic (exact) mass is 261 g/mol. The van der Waals surface area contributed by atoms with E-state index in [2.05, 4.69) is 5.32 Å². The van der Waals surface area contributed by atoms with E-state index in [9.17, 15) is 9.50 Å². The largest absolute Gasteiger partial charge is 0.508 e. The maximum atomic E-state index is 13.7. The maximum Gasteiger partial charge on any atom is 0.146 e. The van der Waals surface area contributed by atoms with Crippen molar-refractivity contribution in [3.8, 4) is 11.5 Å². The lowest BCUT2D eigenvalue weighted by atomic mass is 10.1. The van der Waals surface area contributed by atoms with Gasteiger partial charge in [0.25, 0.3) is 0 Å². The third-order valence-corrected chi connectivity index (χ3v) is 2.92. The Balaban J connectivity index is 2.21. The van der Waals surface area contributed by atoms with E-state index in [1.807, 2.05) is 13.0 Å². The molecule has 0 radical (unpaired) electrons. The molecule has 0 amide bonds. The highest BCUT2D eigenvalue weighted by atomic mass is 19.1. The lowest BCUT2D eigenvalue weighted by Gasteiger charge is -2.17. The van der Waals surface area contributed by atoms with Crippen molar-refractivity contribution in [1.29, 1.82) is 0 Å². The molecule has 100 valence electrons. The molecule has 1 unspecified atom stereocenters. The van der Waals surface area contributed by atoms with Crippen LogP contribution in [0.25, 0.3) is 0 Å². The van der Waals surface area contributed by atoms with Crippen molar-refractivity contribution in [3.05, 3.63) is 53.8 Å². The molecule has 1 atom stereocenters. The summed E-state index contributed by atoms with van der Waals surface area (Å²) in [6, 6.07) is 11.3. The topological polar surface area (TPSA) is 41.5 Å². The van der Waals surface area contributed by atoms with Crippen LogP contribution in [0.1, 0.15) is 18.5 Å². The fraction of sp³-hybridized carbons (Fsp3) is 0.200. The third-order valence-electron chi connectivity index (χ3n) is 2.92. The van der Waals surface area contributed by atoms with Gasteiger partial charge in [0, 0.05) is 12.1 Å². The summed E-state index contributed by atoms with van der Waals surface area (Å²) in [6.45, 7) is 1.90. The van der Waals surface area contributed by atoms with E-state index < -0.39 is 0 Å². The van der Waals surface area contributed by atoms with Gasteiger partial charge in [-0.2, -0.15) is 0 Å². The van der Waals surface area contributed by atoms with Crippen LogP contribution in [0.3, 0.4) is 0 Å². The summed E-state index contributed by atoms with van der Waals surface area (Å²) < 4.78 is 18.8. The number of phenols is 1. The first-order valence-electron chi connectivity index (χ1n) is 5.99. The number of halogens is 1. The van der Waals surface area contributed by atoms with Gasteiger partial charge < -0.3 is 15.2 Å². The molecule has 3 nitrogen and oxygen atoms in total. The highest BCUT2D eigenvalue weighted by molar-refractivity contribution is 5.51. The number of benzene rings is 2. The second-order valence-electron chi connectivity index (χ2n) is 4.31. The summed E-state index contributed by atoms with van der Waals surface area (Å²) in [4.78, 5) is 0. The average molecular weight is 261 g/mol. The van der Waals surface area contributed by atoms with Crippen molar-refractivity contribution in [3.63, 3.8) is 0 Å². The number of hydrogen-bond donors (Lipinski definition) is 2. The molecule has 0 saturated heterocycles. The number of ether oxygens (including phenoxy) is 1. The van der Waals surface area contributed by atoms with Crippen molar-refractivity contribution in [1.82, 2.24) is 0 Å². The van der Waals surface area contributed by atoms with Crippen molar-refractivity contribution in [2.45, 2.75) is 13.0 Å². The van der Waals surface area contributed by atoms with Gasteiger partial charge in [0.05, 0.1) is 12.8 Å². The first-order valence-corrected chi connectivity index (χ1v) is 5.99. The van der Waals surface area contributed by atoms with Gasteiger partial charge >= 0.3 is 0 Å². The predicted octanol–water partition coefficient (Wildman–Crippen LogP) is 3.71. The minimum atomic E-state index is -0.340. The number of rotatable bonds is 4. The summed E-state index contributed by atoms with van der Waals surface area (Å²) in [7, 11) is 1.54. The molecule has 4 heteroatoms. The standard InChI is InChI=1S/C15H16FNO2/c1-10(11-4-3-5-12(18)8-11)17-15-9-13(19-2)6-7-14(15)16/h3-10,17-18H,1-2H3. The molecule has 2 aromatic rings. The van der Waals surface area contributed by atoms with Crippen molar-refractivity contribution < 1.29 is 14.2 Å². The number of phenolic OH excluding ortho intramolecular Hbond substituents is 1. The Morgan fingerprint density at radius 2 is 2.00 bits per heavy atom. The van der Waals surface area contributed by atoms with Gasteiger partial charge in [0.2, 0.25) is 0 Å². The van der Waals surface area contributed by atoms with Crippen LogP contribution in [0, 0.1) is 5.82 Å². The Hall–Kier alpha value is -2.23. The van der Waals surface area contributed by atoms with Crippen molar-refractivity contribution >= 4 is 5.69 Å². The Labute approximate surface area is 111 Å². The van der Waals surface area contributed by atoms with Gasteiger partial charge in [-0.1, -0.05) is 12.1 Å². The van der Waals surface area contributed by atoms with Gasteiger partial charge in [-0.15, -0.1) is 0 Å². The molecule has 0 fully saturated rings. The molecule has 0 aliphatic rings. The molecule has 0 heterocycles. The quantitative estimate of drug-likeness (QED) is 0.881. The first-order chi connectivity index (χ1) is 9.10. The fourth-order valence-corrected chi connectivity index (χ4v) is 1.85. The molecular formula is C15H16FNO2. The molecule has 2 rings (SSSR count). The Morgan fingerprint density at radius 3 is 2.68 bits per heavy atom. The van der Waals surface area contributed by atoms with Crippen molar-refractivity contribution in [2.75, 3.05) is 12.4 Å². The summed E-state index contributed by atoms with van der Waals surface area (Å²) in [5.41, 5.74) is 1.25. The predicted molar refractivity (Wildman–Crippen MR) is 73.1 cm³/mol. The summed E-state index contributed by atoms with van der Waals surface area (Å²) in [6.07, 6.45) is 0. The van der Waals surface area contributed by atoms with E-state index in [1.54, 1.807) is 30.3 Å². The Kier molecular flexibility index (Phi) is 3.90. The SMILES string of the molecule is COc1ccc(F)c(NC(C)c2cccc(O)c2)c1. The van der Waals surface area contributed by atoms with Gasteiger partial charge in [-0.05, 0) is 36.8 Å². The van der Waals surface area contributed by atoms with E-state index in [0.29, 0.717) is 11.4 Å². The van der Waals surface area contributed by atoms with Crippen LogP contribution in [0.15, 0.2) is 42.5 Å². The van der Waals surface area contributed by atoms with Crippen LogP contribution in [0.4, 0.5) is 10.1 Å². The van der Waals surface area contributed by atoms with Gasteiger partial charge in [0.1, 0.15) is 17.3 Å². The first kappa shape index (κ1) is 13.2. The lowest BCUT2D eigenvalue weighted by molar-refractivity contribution is 0.414. The van der Waals surface area contributed by atoms with E-state index >= 15 is 0 Å². The minimum absolute atomic E-state index is 0.131. The van der Waals surface area contributed by atoms with Crippen LogP contribution in [0.5, 0.6) is 11.5 Å². The normalized spacial score (nSPS) is 11.9. The molecular weight excluding hydrogens is 245 g/mol. The highest BCUT2D eigenvalue weighted by Crippen LogP contribution is 2.26. The van der Waals surface area contributed by atoms with E-state index in [4.69, 9.17) is 4.74 Å². The molecule has 0 aromatic heterocycles. The summed E-state index contributed by atoms with van der Waals surface area (Å²) in [5.74, 6) is 0.442. The van der Waals surface area contributed by atoms with Crippen molar-refractivity contribution in [2.24, 2.45) is 0 Å². The fourth-order valence-electron chi connectivity index (χ4n) is 1.85. The molecule has 0 aliphatic heterocycles. The molecule has 19 heavy (non-hydrogen) atoms. The van der Waals surface area contributed by atoms with Crippen LogP contribution in [-0.4, -0.2) is 12.2 Å². The minimum Gasteiger partial charge on any atom is -0.508 e. The molecule has 0 bridgehead atoms. The molecule has 0 aliphatic carbocycles. The molecule has 2 N–H and O–H groups in total.